The molecule has 4 rings (SSSR count). The summed E-state index contributed by atoms with van der Waals surface area (Å²) in [7, 11) is 6.91. The zero-order valence-electron chi connectivity index (χ0n) is 19.1. The standard InChI is InChI=1S/C24H23Cl2N5O3/c1-30(2)13-31-11-10-28-24(31)29-23(32)16-8-7-14(15-6-5-9-27-22(15)16)19-20(25)17(33-3)12-18(34-4)21(19)26/h5-12H,13H2,1-4H3,(H,28,29,32). The molecule has 0 atom stereocenters. The lowest BCUT2D eigenvalue weighted by atomic mass is 9.97. The third-order valence-electron chi connectivity index (χ3n) is 5.23. The number of benzene rings is 2. The summed E-state index contributed by atoms with van der Waals surface area (Å²) < 4.78 is 12.7. The molecule has 176 valence electrons. The molecule has 10 heteroatoms. The van der Waals surface area contributed by atoms with Gasteiger partial charge in [-0.3, -0.25) is 20.0 Å². The van der Waals surface area contributed by atoms with Gasteiger partial charge in [-0.1, -0.05) is 35.3 Å². The smallest absolute Gasteiger partial charge is 0.260 e. The van der Waals surface area contributed by atoms with Crippen molar-refractivity contribution in [3.63, 3.8) is 0 Å². The number of carbonyl (C=O) groups excluding carboxylic acids is 1. The zero-order valence-corrected chi connectivity index (χ0v) is 20.6. The van der Waals surface area contributed by atoms with E-state index in [1.54, 1.807) is 42.9 Å². The van der Waals surface area contributed by atoms with Crippen molar-refractivity contribution in [1.82, 2.24) is 19.4 Å². The minimum Gasteiger partial charge on any atom is -0.495 e. The van der Waals surface area contributed by atoms with Crippen LogP contribution in [0.25, 0.3) is 22.0 Å². The largest absolute Gasteiger partial charge is 0.495 e. The molecule has 0 spiro atoms. The van der Waals surface area contributed by atoms with Gasteiger partial charge in [0.1, 0.15) is 11.5 Å². The van der Waals surface area contributed by atoms with E-state index in [-0.39, 0.29) is 5.91 Å². The molecular formula is C24H23Cl2N5O3. The fraction of sp³-hybridized carbons (Fsp3) is 0.208. The molecule has 0 bridgehead atoms. The number of carbonyl (C=O) groups is 1. The number of fused-ring (bicyclic) bond motifs is 1. The Bertz CT molecular complexity index is 1340. The third kappa shape index (κ3) is 4.40. The first kappa shape index (κ1) is 23.8. The van der Waals surface area contributed by atoms with Gasteiger partial charge in [0.2, 0.25) is 5.95 Å². The van der Waals surface area contributed by atoms with Crippen molar-refractivity contribution in [2.24, 2.45) is 0 Å². The summed E-state index contributed by atoms with van der Waals surface area (Å²) in [6, 6.07) is 8.76. The molecule has 0 unspecified atom stereocenters. The fourth-order valence-corrected chi connectivity index (χ4v) is 4.42. The van der Waals surface area contributed by atoms with E-state index in [0.29, 0.717) is 61.8 Å². The van der Waals surface area contributed by atoms with E-state index in [0.717, 1.165) is 0 Å². The van der Waals surface area contributed by atoms with Crippen molar-refractivity contribution in [3.8, 4) is 22.6 Å². The second-order valence-electron chi connectivity index (χ2n) is 7.74. The monoisotopic (exact) mass is 499 g/mol. The van der Waals surface area contributed by atoms with Crippen molar-refractivity contribution >= 4 is 46.0 Å². The minimum atomic E-state index is -0.332. The van der Waals surface area contributed by atoms with E-state index in [1.807, 2.05) is 29.6 Å². The first-order chi connectivity index (χ1) is 16.3. The highest BCUT2D eigenvalue weighted by Gasteiger charge is 2.23. The van der Waals surface area contributed by atoms with Crippen LogP contribution in [-0.2, 0) is 6.67 Å². The molecule has 0 aliphatic rings. The molecule has 8 nitrogen and oxygen atoms in total. The van der Waals surface area contributed by atoms with Gasteiger partial charge in [-0.15, -0.1) is 0 Å². The van der Waals surface area contributed by atoms with Gasteiger partial charge in [-0.05, 0) is 31.8 Å². The Morgan fingerprint density at radius 1 is 1.06 bits per heavy atom. The second-order valence-corrected chi connectivity index (χ2v) is 8.50. The number of nitrogens with one attached hydrogen (secondary N) is 1. The number of imidazole rings is 1. The normalized spacial score (nSPS) is 11.1. The number of pyridine rings is 1. The molecule has 0 aliphatic heterocycles. The van der Waals surface area contributed by atoms with Crippen molar-refractivity contribution in [3.05, 3.63) is 64.5 Å². The van der Waals surface area contributed by atoms with Crippen molar-refractivity contribution in [1.29, 1.82) is 0 Å². The number of amides is 1. The van der Waals surface area contributed by atoms with Crippen LogP contribution in [0.1, 0.15) is 10.4 Å². The average Bonchev–Trinajstić information content (AvgIpc) is 3.25. The fourth-order valence-electron chi connectivity index (χ4n) is 3.72. The molecule has 0 aliphatic carbocycles. The second kappa shape index (κ2) is 9.89. The van der Waals surface area contributed by atoms with Crippen LogP contribution in [0.4, 0.5) is 5.95 Å². The van der Waals surface area contributed by atoms with Crippen LogP contribution in [0.3, 0.4) is 0 Å². The Labute approximate surface area is 207 Å². The maximum atomic E-state index is 13.2. The molecule has 0 saturated carbocycles. The van der Waals surface area contributed by atoms with Gasteiger partial charge in [-0.25, -0.2) is 4.98 Å². The van der Waals surface area contributed by atoms with Gasteiger partial charge in [0.25, 0.3) is 5.91 Å². The van der Waals surface area contributed by atoms with E-state index in [1.165, 1.54) is 14.2 Å². The summed E-state index contributed by atoms with van der Waals surface area (Å²) in [6.07, 6.45) is 5.07. The molecule has 2 heterocycles. The van der Waals surface area contributed by atoms with Crippen molar-refractivity contribution in [2.45, 2.75) is 6.67 Å². The first-order valence-corrected chi connectivity index (χ1v) is 11.1. The number of hydrogen-bond donors (Lipinski definition) is 1. The van der Waals surface area contributed by atoms with E-state index in [9.17, 15) is 4.79 Å². The van der Waals surface area contributed by atoms with Crippen LogP contribution in [0.15, 0.2) is 48.9 Å². The van der Waals surface area contributed by atoms with Crippen LogP contribution in [0.5, 0.6) is 11.5 Å². The molecule has 34 heavy (non-hydrogen) atoms. The summed E-state index contributed by atoms with van der Waals surface area (Å²) in [4.78, 5) is 24.0. The number of aromatic nitrogens is 3. The lowest BCUT2D eigenvalue weighted by Crippen LogP contribution is -2.21. The first-order valence-electron chi connectivity index (χ1n) is 10.3. The number of rotatable bonds is 7. The lowest BCUT2D eigenvalue weighted by molar-refractivity contribution is 0.102. The highest BCUT2D eigenvalue weighted by Crippen LogP contribution is 2.47. The van der Waals surface area contributed by atoms with E-state index in [2.05, 4.69) is 15.3 Å². The maximum absolute atomic E-state index is 13.2. The average molecular weight is 500 g/mol. The highest BCUT2D eigenvalue weighted by molar-refractivity contribution is 6.41. The Morgan fingerprint density at radius 3 is 2.41 bits per heavy atom. The SMILES string of the molecule is COc1cc(OC)c(Cl)c(-c2ccc(C(=O)Nc3nccn3CN(C)C)c3ncccc23)c1Cl. The zero-order chi connectivity index (χ0) is 24.4. The Morgan fingerprint density at radius 2 is 1.76 bits per heavy atom. The molecule has 1 amide bonds. The Kier molecular flexibility index (Phi) is 6.92. The summed E-state index contributed by atoms with van der Waals surface area (Å²) in [5.41, 5.74) is 2.12. The number of methoxy groups -OCH3 is 2. The van der Waals surface area contributed by atoms with E-state index in [4.69, 9.17) is 32.7 Å². The van der Waals surface area contributed by atoms with Gasteiger partial charge < -0.3 is 14.0 Å². The predicted octanol–water partition coefficient (Wildman–Crippen LogP) is 5.19. The molecule has 0 saturated heterocycles. The summed E-state index contributed by atoms with van der Waals surface area (Å²) in [5.74, 6) is 0.950. The molecular weight excluding hydrogens is 477 g/mol. The van der Waals surface area contributed by atoms with Gasteiger partial charge in [-0.2, -0.15) is 0 Å². The van der Waals surface area contributed by atoms with Crippen molar-refractivity contribution < 1.29 is 14.3 Å². The summed E-state index contributed by atoms with van der Waals surface area (Å²) in [5, 5.41) is 4.25. The number of anilines is 1. The summed E-state index contributed by atoms with van der Waals surface area (Å²) >= 11 is 13.3. The number of nitrogens with zero attached hydrogens (tertiary/aromatic N) is 4. The predicted molar refractivity (Wildman–Crippen MR) is 134 cm³/mol. The van der Waals surface area contributed by atoms with E-state index >= 15 is 0 Å². The van der Waals surface area contributed by atoms with Gasteiger partial charge in [0.15, 0.2) is 0 Å². The van der Waals surface area contributed by atoms with Crippen molar-refractivity contribution in [2.75, 3.05) is 33.6 Å². The lowest BCUT2D eigenvalue weighted by Gasteiger charge is -2.17. The van der Waals surface area contributed by atoms with Gasteiger partial charge in [0, 0.05) is 35.6 Å². The molecule has 2 aromatic heterocycles. The van der Waals surface area contributed by atoms with E-state index < -0.39 is 0 Å². The van der Waals surface area contributed by atoms with Crippen LogP contribution in [0.2, 0.25) is 10.0 Å². The van der Waals surface area contributed by atoms with Crippen LogP contribution >= 0.6 is 23.2 Å². The molecule has 0 fully saturated rings. The van der Waals surface area contributed by atoms with Crippen LogP contribution < -0.4 is 14.8 Å². The Hall–Kier alpha value is -3.33. The number of ether oxygens (including phenoxy) is 2. The molecule has 2 aromatic carbocycles. The van der Waals surface area contributed by atoms with Crippen LogP contribution in [0, 0.1) is 0 Å². The topological polar surface area (TPSA) is 81.5 Å². The summed E-state index contributed by atoms with van der Waals surface area (Å²) in [6.45, 7) is 0.572. The number of halogens is 2. The van der Waals surface area contributed by atoms with Crippen LogP contribution in [-0.4, -0.2) is 53.7 Å². The quantitative estimate of drug-likeness (QED) is 0.376. The number of hydrogen-bond acceptors (Lipinski definition) is 6. The highest BCUT2D eigenvalue weighted by atomic mass is 35.5. The minimum absolute atomic E-state index is 0.332. The van der Waals surface area contributed by atoms with Gasteiger partial charge >= 0.3 is 0 Å². The third-order valence-corrected chi connectivity index (χ3v) is 5.98. The Balaban J connectivity index is 1.83. The molecule has 0 radical (unpaired) electrons. The maximum Gasteiger partial charge on any atom is 0.260 e. The molecule has 4 aromatic rings. The van der Waals surface area contributed by atoms with Gasteiger partial charge in [0.05, 0.1) is 42.0 Å². The molecule has 1 N–H and O–H groups in total.